The van der Waals surface area contributed by atoms with Crippen LogP contribution in [0.5, 0.6) is 0 Å². The second-order valence-corrected chi connectivity index (χ2v) is 10.1. The van der Waals surface area contributed by atoms with Gasteiger partial charge in [-0.2, -0.15) is 0 Å². The molecule has 2 aromatic carbocycles. The summed E-state index contributed by atoms with van der Waals surface area (Å²) >= 11 is 0. The number of nitrogens with zero attached hydrogens (tertiary/aromatic N) is 5. The van der Waals surface area contributed by atoms with E-state index in [0.29, 0.717) is 24.5 Å². The van der Waals surface area contributed by atoms with Crippen LogP contribution in [-0.2, 0) is 18.6 Å². The second kappa shape index (κ2) is 10.1. The monoisotopic (exact) mass is 496 g/mol. The molecule has 8 heteroatoms. The van der Waals surface area contributed by atoms with Crippen LogP contribution in [0.3, 0.4) is 0 Å². The lowest BCUT2D eigenvalue weighted by Crippen LogP contribution is -2.38. The number of hydrogen-bond acceptors (Lipinski definition) is 6. The van der Waals surface area contributed by atoms with Crippen LogP contribution in [0.1, 0.15) is 61.5 Å². The highest BCUT2D eigenvalue weighted by Crippen LogP contribution is 2.33. The summed E-state index contributed by atoms with van der Waals surface area (Å²) in [6.07, 6.45) is 2.49. The van der Waals surface area contributed by atoms with E-state index in [1.807, 2.05) is 60.1 Å². The van der Waals surface area contributed by atoms with Crippen molar-refractivity contribution in [3.05, 3.63) is 112 Å². The van der Waals surface area contributed by atoms with E-state index in [1.165, 1.54) is 0 Å². The molecule has 0 bridgehead atoms. The van der Waals surface area contributed by atoms with Crippen molar-refractivity contribution in [2.24, 2.45) is 0 Å². The summed E-state index contributed by atoms with van der Waals surface area (Å²) in [6, 6.07) is 21.5. The third-order valence-corrected chi connectivity index (χ3v) is 7.03. The summed E-state index contributed by atoms with van der Waals surface area (Å²) < 4.78 is 7.61. The molecule has 0 spiro atoms. The van der Waals surface area contributed by atoms with Crippen molar-refractivity contribution in [1.29, 1.82) is 0 Å². The fraction of sp³-hybridized carbons (Fsp3) is 0.310. The number of tetrazole rings is 1. The number of hydrogen-bond donors (Lipinski definition) is 1. The first-order valence-corrected chi connectivity index (χ1v) is 12.6. The summed E-state index contributed by atoms with van der Waals surface area (Å²) in [6.45, 7) is 9.40. The molecule has 1 N–H and O–H groups in total. The van der Waals surface area contributed by atoms with Crippen molar-refractivity contribution < 1.29 is 4.42 Å². The first-order chi connectivity index (χ1) is 17.9. The van der Waals surface area contributed by atoms with E-state index in [2.05, 4.69) is 64.4 Å². The van der Waals surface area contributed by atoms with Gasteiger partial charge in [-0.1, -0.05) is 48.9 Å². The Morgan fingerprint density at radius 2 is 1.86 bits per heavy atom. The second-order valence-electron chi connectivity index (χ2n) is 10.1. The highest BCUT2D eigenvalue weighted by atomic mass is 16.3. The van der Waals surface area contributed by atoms with Gasteiger partial charge in [-0.05, 0) is 78.9 Å². The zero-order valence-corrected chi connectivity index (χ0v) is 21.7. The van der Waals surface area contributed by atoms with E-state index in [-0.39, 0.29) is 11.1 Å². The van der Waals surface area contributed by atoms with Crippen LogP contribution in [0.2, 0.25) is 0 Å². The third kappa shape index (κ3) is 5.11. The van der Waals surface area contributed by atoms with Crippen LogP contribution < -0.4 is 5.56 Å². The number of fused-ring (bicyclic) bond motifs is 1. The van der Waals surface area contributed by atoms with E-state index >= 15 is 0 Å². The Kier molecular flexibility index (Phi) is 6.76. The summed E-state index contributed by atoms with van der Waals surface area (Å²) in [5.74, 6) is 1.41. The minimum atomic E-state index is -0.528. The van der Waals surface area contributed by atoms with Crippen molar-refractivity contribution in [3.63, 3.8) is 0 Å². The van der Waals surface area contributed by atoms with Gasteiger partial charge < -0.3 is 9.40 Å². The third-order valence-electron chi connectivity index (χ3n) is 7.03. The number of furan rings is 1. The van der Waals surface area contributed by atoms with Gasteiger partial charge >= 0.3 is 0 Å². The number of rotatable bonds is 9. The van der Waals surface area contributed by atoms with Gasteiger partial charge in [0.15, 0.2) is 5.82 Å². The molecular weight excluding hydrogens is 464 g/mol. The van der Waals surface area contributed by atoms with Gasteiger partial charge in [-0.25, -0.2) is 4.68 Å². The number of aromatic nitrogens is 5. The van der Waals surface area contributed by atoms with E-state index in [4.69, 9.17) is 4.42 Å². The van der Waals surface area contributed by atoms with Gasteiger partial charge in [-0.3, -0.25) is 9.69 Å². The minimum Gasteiger partial charge on any atom is -0.468 e. The van der Waals surface area contributed by atoms with Crippen LogP contribution in [0, 0.1) is 6.92 Å². The summed E-state index contributed by atoms with van der Waals surface area (Å²) in [5, 5.41) is 13.9. The molecule has 0 aliphatic heterocycles. The molecule has 3 aromatic heterocycles. The van der Waals surface area contributed by atoms with E-state index in [9.17, 15) is 4.79 Å². The molecule has 37 heavy (non-hydrogen) atoms. The first-order valence-electron chi connectivity index (χ1n) is 12.6. The molecule has 190 valence electrons. The largest absolute Gasteiger partial charge is 0.468 e. The number of nitrogens with one attached hydrogen (secondary N) is 1. The molecular formula is C29H32N6O2. The maximum absolute atomic E-state index is 13.7. The lowest BCUT2D eigenvalue weighted by Gasteiger charge is -2.33. The fourth-order valence-corrected chi connectivity index (χ4v) is 4.65. The van der Waals surface area contributed by atoms with Crippen molar-refractivity contribution in [3.8, 4) is 0 Å². The quantitative estimate of drug-likeness (QED) is 0.296. The Morgan fingerprint density at radius 3 is 2.59 bits per heavy atom. The minimum absolute atomic E-state index is 0.164. The molecule has 3 heterocycles. The Balaban J connectivity index is 1.73. The highest BCUT2D eigenvalue weighted by molar-refractivity contribution is 5.79. The number of aryl methyl sites for hydroxylation is 1. The van der Waals surface area contributed by atoms with E-state index in [1.54, 1.807) is 6.26 Å². The van der Waals surface area contributed by atoms with Gasteiger partial charge in [0.05, 0.1) is 18.3 Å². The molecule has 0 aliphatic rings. The fourth-order valence-electron chi connectivity index (χ4n) is 4.65. The van der Waals surface area contributed by atoms with Crippen molar-refractivity contribution in [2.75, 3.05) is 0 Å². The van der Waals surface area contributed by atoms with Crippen LogP contribution >= 0.6 is 0 Å². The average Bonchev–Trinajstić information content (AvgIpc) is 3.58. The van der Waals surface area contributed by atoms with Gasteiger partial charge in [0.2, 0.25) is 0 Å². The predicted octanol–water partition coefficient (Wildman–Crippen LogP) is 5.35. The zero-order valence-electron chi connectivity index (χ0n) is 21.7. The van der Waals surface area contributed by atoms with E-state index in [0.717, 1.165) is 34.2 Å². The summed E-state index contributed by atoms with van der Waals surface area (Å²) in [5.41, 5.74) is 3.11. The summed E-state index contributed by atoms with van der Waals surface area (Å²) in [7, 11) is 0. The molecule has 5 aromatic rings. The molecule has 0 fully saturated rings. The Hall–Kier alpha value is -4.04. The molecule has 0 saturated carbocycles. The van der Waals surface area contributed by atoms with Gasteiger partial charge in [0.25, 0.3) is 5.56 Å². The molecule has 0 radical (unpaired) electrons. The van der Waals surface area contributed by atoms with Crippen LogP contribution in [-0.4, -0.2) is 30.1 Å². The lowest BCUT2D eigenvalue weighted by molar-refractivity contribution is 0.168. The molecule has 5 rings (SSSR count). The number of aromatic amines is 1. The maximum atomic E-state index is 13.7. The van der Waals surface area contributed by atoms with Crippen LogP contribution in [0.4, 0.5) is 0 Å². The predicted molar refractivity (Wildman–Crippen MR) is 143 cm³/mol. The van der Waals surface area contributed by atoms with Crippen LogP contribution in [0.15, 0.2) is 82.2 Å². The Morgan fingerprint density at radius 1 is 1.05 bits per heavy atom. The molecule has 0 amide bonds. The standard InChI is InChI=1S/C29H32N6O2/c1-5-29(3,4)35-27(31-32-33-35)26(24-17-22-16-20(2)13-14-25(22)30-28(24)36)34(19-23-12-9-15-37-23)18-21-10-7-6-8-11-21/h6-17,26H,5,18-19H2,1-4H3,(H,30,36)/t26-/m1/s1. The average molecular weight is 497 g/mol. The van der Waals surface area contributed by atoms with Crippen molar-refractivity contribution in [2.45, 2.75) is 58.8 Å². The van der Waals surface area contributed by atoms with Gasteiger partial charge in [-0.15, -0.1) is 5.10 Å². The molecule has 0 aliphatic carbocycles. The summed E-state index contributed by atoms with van der Waals surface area (Å²) in [4.78, 5) is 19.0. The number of benzene rings is 2. The van der Waals surface area contributed by atoms with Crippen molar-refractivity contribution in [1.82, 2.24) is 30.1 Å². The maximum Gasteiger partial charge on any atom is 0.253 e. The SMILES string of the molecule is CCC(C)(C)n1nnnc1[C@@H](c1cc2cc(C)ccc2[nH]c1=O)N(Cc1ccccc1)Cc1ccco1. The van der Waals surface area contributed by atoms with E-state index < -0.39 is 6.04 Å². The van der Waals surface area contributed by atoms with Crippen molar-refractivity contribution >= 4 is 10.9 Å². The van der Waals surface area contributed by atoms with Gasteiger partial charge in [0, 0.05) is 17.6 Å². The lowest BCUT2D eigenvalue weighted by atomic mass is 9.98. The van der Waals surface area contributed by atoms with Crippen LogP contribution in [0.25, 0.3) is 10.9 Å². The number of pyridine rings is 1. The number of H-pyrrole nitrogens is 1. The van der Waals surface area contributed by atoms with Gasteiger partial charge in [0.1, 0.15) is 11.8 Å². The highest BCUT2D eigenvalue weighted by Gasteiger charge is 2.34. The first kappa shape index (κ1) is 24.6. The molecule has 0 saturated heterocycles. The molecule has 1 atom stereocenters. The Bertz CT molecular complexity index is 1540. The Labute approximate surface area is 215 Å². The topological polar surface area (TPSA) is 92.8 Å². The molecule has 8 nitrogen and oxygen atoms in total. The zero-order chi connectivity index (χ0) is 26.0. The molecule has 0 unspecified atom stereocenters. The smallest absolute Gasteiger partial charge is 0.253 e. The normalized spacial score (nSPS) is 12.9.